The predicted molar refractivity (Wildman–Crippen MR) is 71.7 cm³/mol. The average Bonchev–Trinajstić information content (AvgIpc) is 2.38. The van der Waals surface area contributed by atoms with Crippen LogP contribution >= 0.6 is 0 Å². The summed E-state index contributed by atoms with van der Waals surface area (Å²) < 4.78 is 0. The van der Waals surface area contributed by atoms with Crippen LogP contribution in [0.3, 0.4) is 0 Å². The van der Waals surface area contributed by atoms with E-state index in [1.54, 1.807) is 0 Å². The van der Waals surface area contributed by atoms with Crippen LogP contribution in [0.2, 0.25) is 0 Å². The third-order valence-corrected chi connectivity index (χ3v) is 3.28. The molecule has 0 unspecified atom stereocenters. The molecule has 0 amide bonds. The summed E-state index contributed by atoms with van der Waals surface area (Å²) >= 11 is 0. The van der Waals surface area contributed by atoms with Crippen molar-refractivity contribution in [3.8, 4) is 0 Å². The van der Waals surface area contributed by atoms with E-state index in [1.165, 1.54) is 16.7 Å². The van der Waals surface area contributed by atoms with Gasteiger partial charge in [0.25, 0.3) is 0 Å². The molecule has 2 N–H and O–H groups in total. The lowest BCUT2D eigenvalue weighted by atomic mass is 10.1. The Morgan fingerprint density at radius 3 is 2.29 bits per heavy atom. The third-order valence-electron chi connectivity index (χ3n) is 3.28. The summed E-state index contributed by atoms with van der Waals surface area (Å²) in [6, 6.07) is 19.8. The summed E-state index contributed by atoms with van der Waals surface area (Å²) in [5.74, 6) is 0. The van der Waals surface area contributed by atoms with E-state index < -0.39 is 0 Å². The number of rotatable bonds is 4. The van der Waals surface area contributed by atoms with Crippen molar-refractivity contribution in [2.75, 3.05) is 0 Å². The molecule has 1 atom stereocenters. The van der Waals surface area contributed by atoms with Crippen molar-refractivity contribution >= 4 is 0 Å². The lowest BCUT2D eigenvalue weighted by molar-refractivity contribution is -0.708. The van der Waals surface area contributed by atoms with Crippen LogP contribution in [-0.2, 0) is 6.54 Å². The third kappa shape index (κ3) is 3.18. The molecule has 0 heterocycles. The minimum atomic E-state index is 0.510. The largest absolute Gasteiger partial charge is 0.337 e. The lowest BCUT2D eigenvalue weighted by Crippen LogP contribution is -2.83. The van der Waals surface area contributed by atoms with Crippen molar-refractivity contribution in [1.82, 2.24) is 0 Å². The van der Waals surface area contributed by atoms with E-state index in [1.807, 2.05) is 0 Å². The second-order valence-corrected chi connectivity index (χ2v) is 4.57. The van der Waals surface area contributed by atoms with Crippen LogP contribution in [0.5, 0.6) is 0 Å². The average molecular weight is 226 g/mol. The van der Waals surface area contributed by atoms with Crippen molar-refractivity contribution in [3.63, 3.8) is 0 Å². The Morgan fingerprint density at radius 2 is 1.59 bits per heavy atom. The van der Waals surface area contributed by atoms with Gasteiger partial charge in [0.2, 0.25) is 0 Å². The predicted octanol–water partition coefficient (Wildman–Crippen LogP) is 2.82. The van der Waals surface area contributed by atoms with Crippen molar-refractivity contribution < 1.29 is 5.32 Å². The summed E-state index contributed by atoms with van der Waals surface area (Å²) in [7, 11) is 0. The van der Waals surface area contributed by atoms with Crippen molar-refractivity contribution in [2.24, 2.45) is 0 Å². The van der Waals surface area contributed by atoms with E-state index in [0.29, 0.717) is 6.04 Å². The van der Waals surface area contributed by atoms with E-state index in [2.05, 4.69) is 73.8 Å². The molecule has 0 bridgehead atoms. The van der Waals surface area contributed by atoms with Gasteiger partial charge in [-0.1, -0.05) is 54.6 Å². The quantitative estimate of drug-likeness (QED) is 0.825. The SMILES string of the molecule is Cc1ccccc1C[NH2+][C@@H](C)c1ccccc1. The number of aryl methyl sites for hydroxylation is 1. The maximum absolute atomic E-state index is 2.39. The molecule has 2 rings (SSSR count). The topological polar surface area (TPSA) is 16.6 Å². The summed E-state index contributed by atoms with van der Waals surface area (Å²) in [5.41, 5.74) is 4.19. The van der Waals surface area contributed by atoms with Gasteiger partial charge in [-0.25, -0.2) is 0 Å². The summed E-state index contributed by atoms with van der Waals surface area (Å²) in [4.78, 5) is 0. The fourth-order valence-corrected chi connectivity index (χ4v) is 2.04. The van der Waals surface area contributed by atoms with Gasteiger partial charge in [-0.3, -0.25) is 0 Å². The number of nitrogens with two attached hydrogens (primary N) is 1. The Morgan fingerprint density at radius 1 is 0.941 bits per heavy atom. The van der Waals surface area contributed by atoms with Crippen LogP contribution in [-0.4, -0.2) is 0 Å². The minimum Gasteiger partial charge on any atom is -0.337 e. The second-order valence-electron chi connectivity index (χ2n) is 4.57. The van der Waals surface area contributed by atoms with Gasteiger partial charge in [-0.15, -0.1) is 0 Å². The number of hydrogen-bond donors (Lipinski definition) is 1. The first-order valence-electron chi connectivity index (χ1n) is 6.20. The normalized spacial score (nSPS) is 12.4. The fourth-order valence-electron chi connectivity index (χ4n) is 2.04. The highest BCUT2D eigenvalue weighted by molar-refractivity contribution is 5.24. The number of hydrogen-bond acceptors (Lipinski definition) is 0. The smallest absolute Gasteiger partial charge is 0.109 e. The van der Waals surface area contributed by atoms with E-state index in [9.17, 15) is 0 Å². The first-order valence-corrected chi connectivity index (χ1v) is 6.20. The Kier molecular flexibility index (Phi) is 3.94. The zero-order valence-corrected chi connectivity index (χ0v) is 10.6. The summed E-state index contributed by atoms with van der Waals surface area (Å²) in [6.45, 7) is 5.48. The summed E-state index contributed by atoms with van der Waals surface area (Å²) in [5, 5.41) is 2.39. The maximum Gasteiger partial charge on any atom is 0.109 e. The monoisotopic (exact) mass is 226 g/mol. The Balaban J connectivity index is 1.97. The molecule has 0 aliphatic heterocycles. The molecule has 0 aliphatic rings. The van der Waals surface area contributed by atoms with Gasteiger partial charge in [-0.05, 0) is 19.4 Å². The fraction of sp³-hybridized carbons (Fsp3) is 0.250. The van der Waals surface area contributed by atoms with Crippen molar-refractivity contribution in [2.45, 2.75) is 26.4 Å². The van der Waals surface area contributed by atoms with Gasteiger partial charge in [0.15, 0.2) is 0 Å². The highest BCUT2D eigenvalue weighted by Gasteiger charge is 2.08. The Labute approximate surface area is 103 Å². The highest BCUT2D eigenvalue weighted by atomic mass is 14.9. The van der Waals surface area contributed by atoms with Crippen LogP contribution < -0.4 is 5.32 Å². The lowest BCUT2D eigenvalue weighted by Gasteiger charge is -2.12. The second kappa shape index (κ2) is 5.65. The van der Waals surface area contributed by atoms with E-state index >= 15 is 0 Å². The summed E-state index contributed by atoms with van der Waals surface area (Å²) in [6.07, 6.45) is 0. The molecule has 0 fully saturated rings. The molecule has 0 aromatic heterocycles. The van der Waals surface area contributed by atoms with Gasteiger partial charge >= 0.3 is 0 Å². The minimum absolute atomic E-state index is 0.510. The Hall–Kier alpha value is -1.60. The van der Waals surface area contributed by atoms with E-state index in [0.717, 1.165) is 6.54 Å². The van der Waals surface area contributed by atoms with Gasteiger partial charge in [0.1, 0.15) is 12.6 Å². The first kappa shape index (κ1) is 11.9. The van der Waals surface area contributed by atoms with Crippen LogP contribution in [0.4, 0.5) is 0 Å². The molecule has 0 radical (unpaired) electrons. The number of quaternary nitrogens is 1. The maximum atomic E-state index is 2.39. The molecule has 0 saturated carbocycles. The highest BCUT2D eigenvalue weighted by Crippen LogP contribution is 2.08. The molecule has 0 saturated heterocycles. The molecule has 1 nitrogen and oxygen atoms in total. The van der Waals surface area contributed by atoms with E-state index in [-0.39, 0.29) is 0 Å². The molecular formula is C16H20N+. The van der Waals surface area contributed by atoms with Crippen LogP contribution in [0.1, 0.15) is 29.7 Å². The van der Waals surface area contributed by atoms with Gasteiger partial charge in [-0.2, -0.15) is 0 Å². The van der Waals surface area contributed by atoms with Crippen molar-refractivity contribution in [3.05, 3.63) is 71.3 Å². The van der Waals surface area contributed by atoms with Crippen LogP contribution in [0.15, 0.2) is 54.6 Å². The zero-order valence-electron chi connectivity index (χ0n) is 10.6. The number of benzene rings is 2. The van der Waals surface area contributed by atoms with Gasteiger partial charge in [0.05, 0.1) is 0 Å². The Bertz CT molecular complexity index is 462. The standard InChI is InChI=1S/C16H19N/c1-13-8-6-7-11-16(13)12-17-14(2)15-9-4-3-5-10-15/h3-11,14,17H,12H2,1-2H3/p+1/t14-/m0/s1. The van der Waals surface area contributed by atoms with Crippen LogP contribution in [0.25, 0.3) is 0 Å². The zero-order chi connectivity index (χ0) is 12.1. The van der Waals surface area contributed by atoms with Crippen molar-refractivity contribution in [1.29, 1.82) is 0 Å². The van der Waals surface area contributed by atoms with Gasteiger partial charge in [0, 0.05) is 11.1 Å². The van der Waals surface area contributed by atoms with Gasteiger partial charge < -0.3 is 5.32 Å². The van der Waals surface area contributed by atoms with E-state index in [4.69, 9.17) is 0 Å². The molecule has 0 spiro atoms. The molecule has 88 valence electrons. The first-order chi connectivity index (χ1) is 8.27. The molecule has 2 aromatic carbocycles. The molecule has 1 heteroatoms. The molecule has 0 aliphatic carbocycles. The molecule has 2 aromatic rings. The molecular weight excluding hydrogens is 206 g/mol. The molecule has 17 heavy (non-hydrogen) atoms. The van der Waals surface area contributed by atoms with Crippen LogP contribution in [0, 0.1) is 6.92 Å².